The number of hydrogen-bond donors (Lipinski definition) is 3. The molecule has 0 aliphatic carbocycles. The van der Waals surface area contributed by atoms with E-state index in [9.17, 15) is 9.90 Å². The van der Waals surface area contributed by atoms with E-state index < -0.39 is 6.23 Å². The summed E-state index contributed by atoms with van der Waals surface area (Å²) in [5.74, 6) is 0.0920. The minimum atomic E-state index is -0.546. The lowest BCUT2D eigenvalue weighted by Crippen LogP contribution is -2.35. The van der Waals surface area contributed by atoms with Crippen molar-refractivity contribution in [2.75, 3.05) is 19.8 Å². The molecule has 1 aliphatic heterocycles. The Morgan fingerprint density at radius 1 is 1.43 bits per heavy atom. The van der Waals surface area contributed by atoms with E-state index >= 15 is 0 Å². The molecule has 1 fully saturated rings. The van der Waals surface area contributed by atoms with E-state index in [1.807, 2.05) is 6.92 Å². The Hall–Kier alpha value is -0.650. The predicted molar refractivity (Wildman–Crippen MR) is 51.4 cm³/mol. The Morgan fingerprint density at radius 2 is 2.00 bits per heavy atom. The van der Waals surface area contributed by atoms with Crippen LogP contribution in [-0.2, 0) is 4.79 Å². The maximum absolute atomic E-state index is 10.9. The third-order valence-corrected chi connectivity index (χ3v) is 1.93. The van der Waals surface area contributed by atoms with E-state index in [4.69, 9.17) is 10.2 Å². The molecule has 3 N–H and O–H groups in total. The van der Waals surface area contributed by atoms with Gasteiger partial charge in [0.1, 0.15) is 6.23 Å². The summed E-state index contributed by atoms with van der Waals surface area (Å²) in [6, 6.07) is 0. The maximum atomic E-state index is 10.9. The van der Waals surface area contributed by atoms with Crippen molar-refractivity contribution in [3.05, 3.63) is 0 Å². The highest BCUT2D eigenvalue weighted by molar-refractivity contribution is 5.78. The molecule has 0 aromatic rings. The van der Waals surface area contributed by atoms with Crippen LogP contribution in [0.1, 0.15) is 26.2 Å². The quantitative estimate of drug-likeness (QED) is 0.569. The number of carbonyl (C=O) groups excluding carboxylic acids is 1. The van der Waals surface area contributed by atoms with Gasteiger partial charge in [0.15, 0.2) is 0 Å². The lowest BCUT2D eigenvalue weighted by Gasteiger charge is -2.20. The van der Waals surface area contributed by atoms with Crippen LogP contribution in [0.3, 0.4) is 0 Å². The van der Waals surface area contributed by atoms with Crippen molar-refractivity contribution >= 4 is 5.91 Å². The summed E-state index contributed by atoms with van der Waals surface area (Å²) < 4.78 is 0. The number of rotatable bonds is 3. The van der Waals surface area contributed by atoms with Crippen molar-refractivity contribution in [1.82, 2.24) is 4.90 Å². The van der Waals surface area contributed by atoms with E-state index in [-0.39, 0.29) is 19.1 Å². The molecule has 0 bridgehead atoms. The first-order valence-corrected chi connectivity index (χ1v) is 4.86. The monoisotopic (exact) mass is 205 g/mol. The Balaban J connectivity index is 0.000000364. The fourth-order valence-corrected chi connectivity index (χ4v) is 1.20. The first-order valence-electron chi connectivity index (χ1n) is 4.86. The van der Waals surface area contributed by atoms with Crippen LogP contribution in [0.25, 0.3) is 0 Å². The fourth-order valence-electron chi connectivity index (χ4n) is 1.20. The van der Waals surface area contributed by atoms with Gasteiger partial charge in [-0.05, 0) is 12.8 Å². The third-order valence-electron chi connectivity index (χ3n) is 1.93. The van der Waals surface area contributed by atoms with E-state index in [0.29, 0.717) is 12.8 Å². The molecule has 0 spiro atoms. The molecule has 1 saturated heterocycles. The number of aliphatic hydroxyl groups excluding tert-OH is 3. The van der Waals surface area contributed by atoms with Crippen molar-refractivity contribution < 1.29 is 20.1 Å². The molecule has 1 heterocycles. The van der Waals surface area contributed by atoms with Gasteiger partial charge in [0.05, 0.1) is 13.2 Å². The second-order valence-corrected chi connectivity index (χ2v) is 3.03. The number of likely N-dealkylation sites (tertiary alicyclic amines) is 1. The number of amides is 1. The van der Waals surface area contributed by atoms with Gasteiger partial charge in [0.2, 0.25) is 5.91 Å². The molecule has 1 rings (SSSR count). The van der Waals surface area contributed by atoms with Crippen molar-refractivity contribution in [1.29, 1.82) is 0 Å². The zero-order valence-electron chi connectivity index (χ0n) is 8.52. The molecule has 5 nitrogen and oxygen atoms in total. The van der Waals surface area contributed by atoms with E-state index in [1.165, 1.54) is 0 Å². The second kappa shape index (κ2) is 7.73. The lowest BCUT2D eigenvalue weighted by molar-refractivity contribution is -0.136. The normalized spacial score (nSPS) is 17.7. The first kappa shape index (κ1) is 13.4. The van der Waals surface area contributed by atoms with E-state index in [2.05, 4.69) is 0 Å². The van der Waals surface area contributed by atoms with Crippen molar-refractivity contribution in [3.63, 3.8) is 0 Å². The summed E-state index contributed by atoms with van der Waals surface area (Å²) in [5, 5.41) is 24.5. The minimum Gasteiger partial charge on any atom is -0.394 e. The number of hydrogen-bond acceptors (Lipinski definition) is 4. The molecule has 1 aliphatic rings. The molecule has 1 atom stereocenters. The van der Waals surface area contributed by atoms with Crippen LogP contribution in [0.15, 0.2) is 0 Å². The van der Waals surface area contributed by atoms with E-state index in [0.717, 1.165) is 13.0 Å². The van der Waals surface area contributed by atoms with Gasteiger partial charge in [-0.3, -0.25) is 4.79 Å². The summed E-state index contributed by atoms with van der Waals surface area (Å²) in [6.07, 6.45) is 1.59. The Morgan fingerprint density at radius 3 is 2.29 bits per heavy atom. The fraction of sp³-hybridized carbons (Fsp3) is 0.889. The van der Waals surface area contributed by atoms with Gasteiger partial charge in [0, 0.05) is 13.0 Å². The Labute approximate surface area is 84.0 Å². The molecule has 1 amide bonds. The highest BCUT2D eigenvalue weighted by Crippen LogP contribution is 2.13. The van der Waals surface area contributed by atoms with E-state index in [1.54, 1.807) is 4.90 Å². The highest BCUT2D eigenvalue weighted by atomic mass is 16.3. The average molecular weight is 205 g/mol. The van der Waals surface area contributed by atoms with Gasteiger partial charge in [0.25, 0.3) is 0 Å². The SMILES string of the molecule is CCC(O)N1CCCC1=O.OCCO. The van der Waals surface area contributed by atoms with Crippen LogP contribution in [0.4, 0.5) is 0 Å². The molecule has 5 heteroatoms. The van der Waals surface area contributed by atoms with Gasteiger partial charge < -0.3 is 20.2 Å². The van der Waals surface area contributed by atoms with Crippen LogP contribution in [-0.4, -0.2) is 52.1 Å². The molecule has 0 saturated carbocycles. The number of aliphatic hydroxyl groups is 3. The number of carbonyl (C=O) groups is 1. The molecular formula is C9H19NO4. The van der Waals surface area contributed by atoms with Crippen LogP contribution in [0.5, 0.6) is 0 Å². The topological polar surface area (TPSA) is 81.0 Å². The van der Waals surface area contributed by atoms with Crippen molar-refractivity contribution in [3.8, 4) is 0 Å². The smallest absolute Gasteiger partial charge is 0.224 e. The Kier molecular flexibility index (Phi) is 7.37. The number of nitrogens with zero attached hydrogens (tertiary/aromatic N) is 1. The van der Waals surface area contributed by atoms with Crippen LogP contribution in [0, 0.1) is 0 Å². The van der Waals surface area contributed by atoms with Gasteiger partial charge in [-0.25, -0.2) is 0 Å². The summed E-state index contributed by atoms with van der Waals surface area (Å²) in [6.45, 7) is 2.35. The molecule has 14 heavy (non-hydrogen) atoms. The lowest BCUT2D eigenvalue weighted by atomic mass is 10.4. The van der Waals surface area contributed by atoms with Gasteiger partial charge in [-0.15, -0.1) is 0 Å². The third kappa shape index (κ3) is 4.55. The molecule has 0 aromatic carbocycles. The van der Waals surface area contributed by atoms with Crippen LogP contribution in [0.2, 0.25) is 0 Å². The second-order valence-electron chi connectivity index (χ2n) is 3.03. The standard InChI is InChI=1S/C7H13NO2.C2H6O2/c1-2-6(9)8-5-3-4-7(8)10;3-1-2-4/h6,9H,2-5H2,1H3;3-4H,1-2H2. The van der Waals surface area contributed by atoms with Gasteiger partial charge in [-0.1, -0.05) is 6.92 Å². The van der Waals surface area contributed by atoms with Gasteiger partial charge >= 0.3 is 0 Å². The zero-order chi connectivity index (χ0) is 11.0. The predicted octanol–water partition coefficient (Wildman–Crippen LogP) is -0.692. The minimum absolute atomic E-state index is 0.0920. The largest absolute Gasteiger partial charge is 0.394 e. The molecule has 84 valence electrons. The summed E-state index contributed by atoms with van der Waals surface area (Å²) in [7, 11) is 0. The maximum Gasteiger partial charge on any atom is 0.224 e. The molecule has 0 radical (unpaired) electrons. The van der Waals surface area contributed by atoms with Crippen molar-refractivity contribution in [2.45, 2.75) is 32.4 Å². The molecule has 1 unspecified atom stereocenters. The summed E-state index contributed by atoms with van der Waals surface area (Å²) in [5.41, 5.74) is 0. The molecular weight excluding hydrogens is 186 g/mol. The summed E-state index contributed by atoms with van der Waals surface area (Å²) in [4.78, 5) is 12.5. The average Bonchev–Trinajstić information content (AvgIpc) is 2.64. The Bertz CT molecular complexity index is 161. The zero-order valence-corrected chi connectivity index (χ0v) is 8.52. The van der Waals surface area contributed by atoms with Gasteiger partial charge in [-0.2, -0.15) is 0 Å². The highest BCUT2D eigenvalue weighted by Gasteiger charge is 2.24. The van der Waals surface area contributed by atoms with Crippen LogP contribution < -0.4 is 0 Å². The molecule has 0 aromatic heterocycles. The van der Waals surface area contributed by atoms with Crippen molar-refractivity contribution in [2.24, 2.45) is 0 Å². The van der Waals surface area contributed by atoms with Crippen LogP contribution >= 0.6 is 0 Å². The summed E-state index contributed by atoms with van der Waals surface area (Å²) >= 11 is 0. The first-order chi connectivity index (χ1) is 6.67.